The minimum Gasteiger partial charge on any atom is -0.239 e. The third-order valence-electron chi connectivity index (χ3n) is 3.42. The van der Waals surface area contributed by atoms with Gasteiger partial charge >= 0.3 is 0 Å². The number of rotatable bonds is 3. The van der Waals surface area contributed by atoms with Gasteiger partial charge in [0.05, 0.1) is 6.04 Å². The number of nitrogens with zero attached hydrogens (tertiary/aromatic N) is 1. The zero-order chi connectivity index (χ0) is 12.4. The van der Waals surface area contributed by atoms with Crippen LogP contribution in [-0.4, -0.2) is 10.8 Å². The van der Waals surface area contributed by atoms with Gasteiger partial charge in [-0.25, -0.2) is 4.31 Å². The van der Waals surface area contributed by atoms with E-state index in [9.17, 15) is 0 Å². The molecule has 0 fully saturated rings. The Bertz CT molecular complexity index is 524. The second-order valence-corrected chi connectivity index (χ2v) is 5.66. The van der Waals surface area contributed by atoms with Crippen LogP contribution in [0.4, 0.5) is 0 Å². The van der Waals surface area contributed by atoms with Crippen molar-refractivity contribution in [3.63, 3.8) is 0 Å². The summed E-state index contributed by atoms with van der Waals surface area (Å²) in [5.74, 6) is 0. The molecule has 0 radical (unpaired) electrons. The summed E-state index contributed by atoms with van der Waals surface area (Å²) in [5, 5.41) is 0. The Labute approximate surface area is 113 Å². The van der Waals surface area contributed by atoms with E-state index in [0.29, 0.717) is 6.04 Å². The number of fused-ring (bicyclic) bond motifs is 1. The molecule has 0 spiro atoms. The highest BCUT2D eigenvalue weighted by atomic mass is 32.2. The van der Waals surface area contributed by atoms with E-state index in [4.69, 9.17) is 0 Å². The van der Waals surface area contributed by atoms with Crippen molar-refractivity contribution in [2.24, 2.45) is 0 Å². The molecule has 0 saturated carbocycles. The van der Waals surface area contributed by atoms with Crippen LogP contribution in [0.5, 0.6) is 0 Å². The molecule has 0 saturated heterocycles. The second-order valence-electron chi connectivity index (χ2n) is 4.57. The summed E-state index contributed by atoms with van der Waals surface area (Å²) in [6.07, 6.45) is 1.10. The third-order valence-corrected chi connectivity index (χ3v) is 4.74. The molecule has 0 aromatic heterocycles. The normalized spacial score (nSPS) is 18.8. The minimum absolute atomic E-state index is 0.513. The van der Waals surface area contributed by atoms with Crippen LogP contribution >= 0.6 is 11.9 Å². The monoisotopic (exact) mass is 255 g/mol. The van der Waals surface area contributed by atoms with Gasteiger partial charge in [-0.15, -0.1) is 0 Å². The Kier molecular flexibility index (Phi) is 3.39. The van der Waals surface area contributed by atoms with Crippen LogP contribution in [-0.2, 0) is 6.42 Å². The van der Waals surface area contributed by atoms with Crippen LogP contribution < -0.4 is 0 Å². The zero-order valence-corrected chi connectivity index (χ0v) is 11.4. The maximum Gasteiger partial charge on any atom is 0.0507 e. The molecule has 1 heterocycles. The number of hydrogen-bond acceptors (Lipinski definition) is 2. The van der Waals surface area contributed by atoms with E-state index in [1.807, 2.05) is 11.9 Å². The number of benzene rings is 2. The van der Waals surface area contributed by atoms with Crippen LogP contribution in [0.15, 0.2) is 59.5 Å². The van der Waals surface area contributed by atoms with E-state index in [2.05, 4.69) is 65.8 Å². The quantitative estimate of drug-likeness (QED) is 0.752. The van der Waals surface area contributed by atoms with E-state index >= 15 is 0 Å². The van der Waals surface area contributed by atoms with Crippen molar-refractivity contribution < 1.29 is 0 Å². The molecule has 1 aliphatic rings. The van der Waals surface area contributed by atoms with E-state index in [1.165, 1.54) is 16.0 Å². The zero-order valence-electron chi connectivity index (χ0n) is 10.5. The van der Waals surface area contributed by atoms with Gasteiger partial charge < -0.3 is 0 Å². The Morgan fingerprint density at radius 1 is 1.00 bits per heavy atom. The molecular formula is C16H17NS. The molecule has 92 valence electrons. The predicted octanol–water partition coefficient (Wildman–Crippen LogP) is 4.31. The molecule has 1 unspecified atom stereocenters. The highest BCUT2D eigenvalue weighted by molar-refractivity contribution is 7.97. The summed E-state index contributed by atoms with van der Waals surface area (Å²) < 4.78 is 2.48. The fraction of sp³-hybridized carbons (Fsp3) is 0.250. The summed E-state index contributed by atoms with van der Waals surface area (Å²) in [4.78, 5) is 1.42. The largest absolute Gasteiger partial charge is 0.239 e. The minimum atomic E-state index is 0.513. The van der Waals surface area contributed by atoms with Gasteiger partial charge in [0.25, 0.3) is 0 Å². The Morgan fingerprint density at radius 3 is 2.50 bits per heavy atom. The third kappa shape index (κ3) is 2.18. The molecule has 2 aromatic rings. The van der Waals surface area contributed by atoms with Gasteiger partial charge in [-0.05, 0) is 35.6 Å². The van der Waals surface area contributed by atoms with Gasteiger partial charge in [-0.2, -0.15) is 0 Å². The van der Waals surface area contributed by atoms with Crippen LogP contribution in [0, 0.1) is 0 Å². The van der Waals surface area contributed by atoms with E-state index in [1.54, 1.807) is 0 Å². The molecule has 1 nitrogen and oxygen atoms in total. The lowest BCUT2D eigenvalue weighted by Crippen LogP contribution is -2.19. The SMILES string of the molecule is CCN1Sc2ccccc2C1Cc1ccccc1. The predicted molar refractivity (Wildman–Crippen MR) is 77.6 cm³/mol. The molecular weight excluding hydrogens is 238 g/mol. The first-order chi connectivity index (χ1) is 8.88. The molecule has 0 aliphatic carbocycles. The molecule has 2 heteroatoms. The van der Waals surface area contributed by atoms with Gasteiger partial charge in [0.1, 0.15) is 0 Å². The van der Waals surface area contributed by atoms with Crippen molar-refractivity contribution in [3.8, 4) is 0 Å². The van der Waals surface area contributed by atoms with Crippen molar-refractivity contribution in [2.75, 3.05) is 6.54 Å². The molecule has 3 rings (SSSR count). The van der Waals surface area contributed by atoms with Crippen molar-refractivity contribution in [3.05, 3.63) is 65.7 Å². The van der Waals surface area contributed by atoms with E-state index in [0.717, 1.165) is 13.0 Å². The molecule has 0 N–H and O–H groups in total. The fourth-order valence-corrected chi connectivity index (χ4v) is 3.66. The maximum atomic E-state index is 2.48. The highest BCUT2D eigenvalue weighted by Crippen LogP contribution is 2.45. The molecule has 1 atom stereocenters. The van der Waals surface area contributed by atoms with Crippen molar-refractivity contribution in [1.29, 1.82) is 0 Å². The molecule has 0 amide bonds. The molecule has 18 heavy (non-hydrogen) atoms. The fourth-order valence-electron chi connectivity index (χ4n) is 2.52. The molecule has 1 aliphatic heterocycles. The number of hydrogen-bond donors (Lipinski definition) is 0. The Morgan fingerprint density at radius 2 is 1.72 bits per heavy atom. The van der Waals surface area contributed by atoms with Gasteiger partial charge in [-0.1, -0.05) is 55.5 Å². The van der Waals surface area contributed by atoms with Crippen LogP contribution in [0.25, 0.3) is 0 Å². The first-order valence-electron chi connectivity index (χ1n) is 6.46. The smallest absolute Gasteiger partial charge is 0.0507 e. The van der Waals surface area contributed by atoms with Crippen LogP contribution in [0.2, 0.25) is 0 Å². The van der Waals surface area contributed by atoms with Crippen LogP contribution in [0.3, 0.4) is 0 Å². The standard InChI is InChI=1S/C16H17NS/c1-2-17-15(12-13-8-4-3-5-9-13)14-10-6-7-11-16(14)18-17/h3-11,15H,2,12H2,1H3. The first-order valence-corrected chi connectivity index (χ1v) is 7.23. The Hall–Kier alpha value is -1.25. The van der Waals surface area contributed by atoms with Crippen LogP contribution in [0.1, 0.15) is 24.1 Å². The van der Waals surface area contributed by atoms with Crippen molar-refractivity contribution in [1.82, 2.24) is 4.31 Å². The van der Waals surface area contributed by atoms with Crippen molar-refractivity contribution >= 4 is 11.9 Å². The lowest BCUT2D eigenvalue weighted by Gasteiger charge is -2.22. The summed E-state index contributed by atoms with van der Waals surface area (Å²) in [5.41, 5.74) is 2.89. The summed E-state index contributed by atoms with van der Waals surface area (Å²) >= 11 is 1.90. The van der Waals surface area contributed by atoms with Gasteiger partial charge in [0.15, 0.2) is 0 Å². The maximum absolute atomic E-state index is 2.48. The van der Waals surface area contributed by atoms with Gasteiger partial charge in [0, 0.05) is 11.4 Å². The van der Waals surface area contributed by atoms with Gasteiger partial charge in [0.2, 0.25) is 0 Å². The van der Waals surface area contributed by atoms with Crippen molar-refractivity contribution in [2.45, 2.75) is 24.3 Å². The Balaban J connectivity index is 1.90. The summed E-state index contributed by atoms with van der Waals surface area (Å²) in [6.45, 7) is 3.31. The van der Waals surface area contributed by atoms with E-state index in [-0.39, 0.29) is 0 Å². The summed E-state index contributed by atoms with van der Waals surface area (Å²) in [7, 11) is 0. The highest BCUT2D eigenvalue weighted by Gasteiger charge is 2.29. The molecule has 0 bridgehead atoms. The summed E-state index contributed by atoms with van der Waals surface area (Å²) in [6, 6.07) is 20.1. The van der Waals surface area contributed by atoms with Gasteiger partial charge in [-0.3, -0.25) is 0 Å². The average molecular weight is 255 g/mol. The lowest BCUT2D eigenvalue weighted by atomic mass is 9.99. The average Bonchev–Trinajstić information content (AvgIpc) is 2.78. The number of likely N-dealkylation sites (N-methyl/N-ethyl adjacent to an activating group) is 1. The topological polar surface area (TPSA) is 3.24 Å². The first kappa shape index (κ1) is 11.8. The lowest BCUT2D eigenvalue weighted by molar-refractivity contribution is 0.384. The van der Waals surface area contributed by atoms with E-state index < -0.39 is 0 Å². The molecule has 2 aromatic carbocycles. The second kappa shape index (κ2) is 5.17.